The molecule has 0 spiro atoms. The van der Waals surface area contributed by atoms with Gasteiger partial charge in [-0.25, -0.2) is 0 Å². The first-order valence-electron chi connectivity index (χ1n) is 25.2. The number of carbonyl (C=O) groups is 2. The van der Waals surface area contributed by atoms with Crippen LogP contribution in [0.25, 0.3) is 0 Å². The number of hydrogen-bond acceptors (Lipinski definition) is 5. The topological polar surface area (TPSA) is 95.9 Å². The quantitative estimate of drug-likeness (QED) is 0.0323. The van der Waals surface area contributed by atoms with E-state index in [-0.39, 0.29) is 24.9 Å². The molecule has 0 aliphatic carbocycles. The van der Waals surface area contributed by atoms with Gasteiger partial charge < -0.3 is 20.3 Å². The van der Waals surface area contributed by atoms with E-state index in [0.717, 1.165) is 70.6 Å². The monoisotopic (exact) mass is 838 g/mol. The summed E-state index contributed by atoms with van der Waals surface area (Å²) in [5.74, 6) is -0.629. The number of carbonyl (C=O) groups excluding carboxylic acids is 2. The zero-order valence-corrected chi connectivity index (χ0v) is 39.3. The summed E-state index contributed by atoms with van der Waals surface area (Å²) in [5, 5.41) is 23.6. The largest absolute Gasteiger partial charge is 0.458 e. The van der Waals surface area contributed by atoms with Crippen molar-refractivity contribution in [1.29, 1.82) is 0 Å². The lowest BCUT2D eigenvalue weighted by Gasteiger charge is -2.23. The normalized spacial score (nSPS) is 13.9. The lowest BCUT2D eigenvalue weighted by atomic mass is 10.0. The molecule has 3 atom stereocenters. The number of unbranched alkanes of at least 4 members (excludes halogenated alkanes) is 22. The van der Waals surface area contributed by atoms with Crippen molar-refractivity contribution in [3.63, 3.8) is 0 Å². The van der Waals surface area contributed by atoms with Crippen LogP contribution in [-0.2, 0) is 14.3 Å². The molecule has 0 aromatic heterocycles. The zero-order valence-electron chi connectivity index (χ0n) is 39.3. The van der Waals surface area contributed by atoms with Gasteiger partial charge in [0.15, 0.2) is 0 Å². The number of nitrogens with one attached hydrogen (secondary N) is 1. The van der Waals surface area contributed by atoms with Crippen LogP contribution in [0.5, 0.6) is 0 Å². The van der Waals surface area contributed by atoms with Crippen molar-refractivity contribution in [2.75, 3.05) is 6.61 Å². The molecule has 3 unspecified atom stereocenters. The summed E-state index contributed by atoms with van der Waals surface area (Å²) in [6.45, 7) is 6.32. The first-order valence-corrected chi connectivity index (χ1v) is 25.2. The number of esters is 1. The van der Waals surface area contributed by atoms with E-state index in [0.29, 0.717) is 19.3 Å². The average molecular weight is 838 g/mol. The summed E-state index contributed by atoms with van der Waals surface area (Å²) in [6.07, 6.45) is 59.9. The Labute approximate surface area is 371 Å². The van der Waals surface area contributed by atoms with Gasteiger partial charge >= 0.3 is 5.97 Å². The molecule has 3 N–H and O–H groups in total. The van der Waals surface area contributed by atoms with Crippen molar-refractivity contribution >= 4 is 11.9 Å². The fourth-order valence-corrected chi connectivity index (χ4v) is 7.25. The Kier molecular flexibility index (Phi) is 45.2. The smallest absolute Gasteiger partial charge is 0.306 e. The molecule has 6 heteroatoms. The molecule has 0 fully saturated rings. The van der Waals surface area contributed by atoms with E-state index in [1.54, 1.807) is 6.08 Å². The third-order valence-electron chi connectivity index (χ3n) is 11.0. The number of rotatable bonds is 44. The van der Waals surface area contributed by atoms with Gasteiger partial charge in [-0.15, -0.1) is 0 Å². The highest BCUT2D eigenvalue weighted by molar-refractivity contribution is 5.78. The number of amides is 1. The van der Waals surface area contributed by atoms with Gasteiger partial charge in [-0.1, -0.05) is 235 Å². The highest BCUT2D eigenvalue weighted by Gasteiger charge is 2.23. The van der Waals surface area contributed by atoms with E-state index in [2.05, 4.69) is 86.8 Å². The summed E-state index contributed by atoms with van der Waals surface area (Å²) in [7, 11) is 0. The first-order chi connectivity index (χ1) is 29.5. The Bertz CT molecular complexity index is 1120. The summed E-state index contributed by atoms with van der Waals surface area (Å²) in [6, 6.07) is -0.742. The summed E-state index contributed by atoms with van der Waals surface area (Å²) in [4.78, 5) is 26.0. The predicted molar refractivity (Wildman–Crippen MR) is 259 cm³/mol. The fraction of sp³-hybridized carbons (Fsp3) is 0.741. The Morgan fingerprint density at radius 3 is 1.27 bits per heavy atom. The van der Waals surface area contributed by atoms with Crippen LogP contribution in [0.15, 0.2) is 72.9 Å². The average Bonchev–Trinajstić information content (AvgIpc) is 3.24. The van der Waals surface area contributed by atoms with Crippen molar-refractivity contribution in [2.24, 2.45) is 0 Å². The maximum absolute atomic E-state index is 13.1. The number of aliphatic hydroxyl groups is 2. The Morgan fingerprint density at radius 1 is 0.500 bits per heavy atom. The van der Waals surface area contributed by atoms with Crippen molar-refractivity contribution in [2.45, 2.75) is 251 Å². The lowest BCUT2D eigenvalue weighted by molar-refractivity contribution is -0.148. The van der Waals surface area contributed by atoms with Gasteiger partial charge in [-0.3, -0.25) is 9.59 Å². The molecule has 6 nitrogen and oxygen atoms in total. The zero-order chi connectivity index (χ0) is 43.8. The molecule has 0 aromatic carbocycles. The van der Waals surface area contributed by atoms with Crippen molar-refractivity contribution in [1.82, 2.24) is 5.32 Å². The number of allylic oxidation sites excluding steroid dienone is 11. The molecule has 0 bridgehead atoms. The summed E-state index contributed by atoms with van der Waals surface area (Å²) < 4.78 is 5.82. The van der Waals surface area contributed by atoms with E-state index >= 15 is 0 Å². The van der Waals surface area contributed by atoms with Crippen molar-refractivity contribution in [3.05, 3.63) is 72.9 Å². The van der Waals surface area contributed by atoms with Gasteiger partial charge in [-0.2, -0.15) is 0 Å². The molecule has 0 heterocycles. The Balaban J connectivity index is 4.78. The van der Waals surface area contributed by atoms with E-state index in [4.69, 9.17) is 4.74 Å². The second kappa shape index (κ2) is 47.4. The van der Waals surface area contributed by atoms with E-state index in [1.165, 1.54) is 116 Å². The molecular weight excluding hydrogens is 743 g/mol. The van der Waals surface area contributed by atoms with Crippen molar-refractivity contribution in [3.8, 4) is 0 Å². The highest BCUT2D eigenvalue weighted by atomic mass is 16.5. The minimum absolute atomic E-state index is 0.0475. The third kappa shape index (κ3) is 42.0. The fourth-order valence-electron chi connectivity index (χ4n) is 7.25. The van der Waals surface area contributed by atoms with Gasteiger partial charge in [0.2, 0.25) is 5.91 Å². The van der Waals surface area contributed by atoms with Crippen LogP contribution in [0.1, 0.15) is 233 Å². The number of aliphatic hydroxyl groups excluding tert-OH is 2. The maximum atomic E-state index is 13.1. The molecule has 0 aliphatic rings. The van der Waals surface area contributed by atoms with Gasteiger partial charge in [0, 0.05) is 6.42 Å². The SMILES string of the molecule is CC/C=C\C/C=C\C/C=C\C/C=C\C/C=C\C/C=C\C(CC(=O)NC(CO)C(O)CCCCCCCCCCCC)OC(=O)CCCCCCCCCCCCCCCC. The van der Waals surface area contributed by atoms with Gasteiger partial charge in [-0.05, 0) is 57.4 Å². The number of hydrogen-bond donors (Lipinski definition) is 3. The van der Waals surface area contributed by atoms with Crippen LogP contribution in [0, 0.1) is 0 Å². The van der Waals surface area contributed by atoms with Gasteiger partial charge in [0.1, 0.15) is 6.10 Å². The van der Waals surface area contributed by atoms with Crippen LogP contribution in [0.4, 0.5) is 0 Å². The molecule has 60 heavy (non-hydrogen) atoms. The van der Waals surface area contributed by atoms with Gasteiger partial charge in [0.05, 0.1) is 25.2 Å². The Morgan fingerprint density at radius 2 is 0.867 bits per heavy atom. The predicted octanol–water partition coefficient (Wildman–Crippen LogP) is 15.0. The van der Waals surface area contributed by atoms with Gasteiger partial charge in [0.25, 0.3) is 0 Å². The molecule has 0 saturated heterocycles. The van der Waals surface area contributed by atoms with Crippen LogP contribution in [0.3, 0.4) is 0 Å². The molecular formula is C54H95NO5. The van der Waals surface area contributed by atoms with E-state index < -0.39 is 18.2 Å². The molecule has 0 radical (unpaired) electrons. The highest BCUT2D eigenvalue weighted by Crippen LogP contribution is 2.16. The first kappa shape index (κ1) is 57.3. The minimum Gasteiger partial charge on any atom is -0.458 e. The Hall–Kier alpha value is -2.70. The second-order valence-corrected chi connectivity index (χ2v) is 16.8. The molecule has 0 aliphatic heterocycles. The lowest BCUT2D eigenvalue weighted by Crippen LogP contribution is -2.46. The number of ether oxygens (including phenoxy) is 1. The van der Waals surface area contributed by atoms with Crippen LogP contribution in [0.2, 0.25) is 0 Å². The second-order valence-electron chi connectivity index (χ2n) is 16.8. The van der Waals surface area contributed by atoms with Crippen LogP contribution >= 0.6 is 0 Å². The van der Waals surface area contributed by atoms with E-state index in [1.807, 2.05) is 6.08 Å². The van der Waals surface area contributed by atoms with Crippen molar-refractivity contribution < 1.29 is 24.5 Å². The molecule has 0 rings (SSSR count). The minimum atomic E-state index is -0.819. The molecule has 1 amide bonds. The summed E-state index contributed by atoms with van der Waals surface area (Å²) in [5.41, 5.74) is 0. The van der Waals surface area contributed by atoms with Crippen LogP contribution < -0.4 is 5.32 Å². The summed E-state index contributed by atoms with van der Waals surface area (Å²) >= 11 is 0. The standard InChI is InChI=1S/C54H95NO5/c1-4-7-10-13-16-19-22-24-26-27-28-29-31-33-36-39-42-45-50(60-54(59)47-44-41-38-35-32-30-25-23-20-17-14-11-8-5-2)48-53(58)55-51(49-56)52(57)46-43-40-37-34-21-18-15-12-9-6-3/h7,10,16,19,24,26,28-29,33,36,42,45,50-52,56-57H,4-6,8-9,11-15,17-18,20-23,25,27,30-32,34-35,37-41,43-44,46-49H2,1-3H3,(H,55,58)/b10-7-,19-16-,26-24-,29-28-,36-33-,45-42-. The van der Waals surface area contributed by atoms with E-state index in [9.17, 15) is 19.8 Å². The van der Waals surface area contributed by atoms with Crippen LogP contribution in [-0.4, -0.2) is 46.9 Å². The maximum Gasteiger partial charge on any atom is 0.306 e. The molecule has 0 saturated carbocycles. The molecule has 0 aromatic rings. The molecule has 346 valence electrons. The third-order valence-corrected chi connectivity index (χ3v) is 11.0.